The van der Waals surface area contributed by atoms with Crippen LogP contribution < -0.4 is 0 Å². The number of carboxylic acid groups (broad SMARTS) is 1. The molecule has 3 heteroatoms. The summed E-state index contributed by atoms with van der Waals surface area (Å²) >= 11 is 0. The molecule has 0 aliphatic rings. The fourth-order valence-corrected chi connectivity index (χ4v) is 2.55. The second-order valence-corrected chi connectivity index (χ2v) is 4.95. The van der Waals surface area contributed by atoms with Crippen LogP contribution in [0.5, 0.6) is 5.75 Å². The van der Waals surface area contributed by atoms with Crippen molar-refractivity contribution in [3.8, 4) is 5.75 Å². The first-order chi connectivity index (χ1) is 9.58. The van der Waals surface area contributed by atoms with Crippen molar-refractivity contribution in [1.29, 1.82) is 0 Å². The highest BCUT2D eigenvalue weighted by Crippen LogP contribution is 2.33. The lowest BCUT2D eigenvalue weighted by atomic mass is 9.73. The van der Waals surface area contributed by atoms with Gasteiger partial charge in [-0.2, -0.15) is 0 Å². The van der Waals surface area contributed by atoms with E-state index >= 15 is 0 Å². The molecule has 20 heavy (non-hydrogen) atoms. The average Bonchev–Trinajstić information content (AvgIpc) is 2.45. The van der Waals surface area contributed by atoms with E-state index in [9.17, 15) is 15.0 Å². The van der Waals surface area contributed by atoms with Crippen molar-refractivity contribution in [1.82, 2.24) is 0 Å². The van der Waals surface area contributed by atoms with Gasteiger partial charge in [-0.05, 0) is 36.1 Å². The molecule has 0 bridgehead atoms. The first kappa shape index (κ1) is 14.1. The van der Waals surface area contributed by atoms with Crippen molar-refractivity contribution >= 4 is 5.97 Å². The molecule has 104 valence electrons. The zero-order valence-electron chi connectivity index (χ0n) is 11.4. The topological polar surface area (TPSA) is 57.5 Å². The Hall–Kier alpha value is -2.29. The van der Waals surface area contributed by atoms with Crippen molar-refractivity contribution in [3.05, 3.63) is 65.7 Å². The number of hydrogen-bond donors (Lipinski definition) is 2. The van der Waals surface area contributed by atoms with Gasteiger partial charge in [0.2, 0.25) is 0 Å². The summed E-state index contributed by atoms with van der Waals surface area (Å²) in [6, 6.07) is 16.1. The molecule has 1 unspecified atom stereocenters. The average molecular weight is 270 g/mol. The van der Waals surface area contributed by atoms with E-state index in [1.807, 2.05) is 43.3 Å². The monoisotopic (exact) mass is 270 g/mol. The van der Waals surface area contributed by atoms with Crippen molar-refractivity contribution in [3.63, 3.8) is 0 Å². The molecule has 0 saturated carbocycles. The lowest BCUT2D eigenvalue weighted by Gasteiger charge is -2.29. The fourth-order valence-electron chi connectivity index (χ4n) is 2.55. The highest BCUT2D eigenvalue weighted by molar-refractivity contribution is 5.81. The van der Waals surface area contributed by atoms with Gasteiger partial charge in [0.15, 0.2) is 0 Å². The molecule has 0 aliphatic carbocycles. The van der Waals surface area contributed by atoms with Crippen LogP contribution in [0.4, 0.5) is 0 Å². The maximum atomic E-state index is 11.9. The van der Waals surface area contributed by atoms with Gasteiger partial charge >= 0.3 is 5.97 Å². The Morgan fingerprint density at radius 1 is 1.10 bits per heavy atom. The van der Waals surface area contributed by atoms with Crippen LogP contribution in [0.1, 0.15) is 24.5 Å². The standard InChI is InChI=1S/C17H18O3/c1-2-17(16(19)20,14-8-4-3-5-9-14)12-13-7-6-10-15(18)11-13/h3-11,18H,2,12H2,1H3,(H,19,20). The smallest absolute Gasteiger partial charge is 0.314 e. The van der Waals surface area contributed by atoms with Gasteiger partial charge < -0.3 is 10.2 Å². The van der Waals surface area contributed by atoms with Gasteiger partial charge in [-0.1, -0.05) is 49.4 Å². The summed E-state index contributed by atoms with van der Waals surface area (Å²) in [7, 11) is 0. The first-order valence-corrected chi connectivity index (χ1v) is 6.65. The molecular formula is C17H18O3. The summed E-state index contributed by atoms with van der Waals surface area (Å²) in [5.41, 5.74) is 0.645. The molecule has 0 amide bonds. The summed E-state index contributed by atoms with van der Waals surface area (Å²) in [4.78, 5) is 11.9. The molecule has 0 radical (unpaired) electrons. The fraction of sp³-hybridized carbons (Fsp3) is 0.235. The van der Waals surface area contributed by atoms with E-state index in [4.69, 9.17) is 0 Å². The van der Waals surface area contributed by atoms with E-state index in [1.165, 1.54) is 0 Å². The number of benzene rings is 2. The number of aliphatic carboxylic acids is 1. The second-order valence-electron chi connectivity index (χ2n) is 4.95. The molecular weight excluding hydrogens is 252 g/mol. The lowest BCUT2D eigenvalue weighted by Crippen LogP contribution is -2.37. The number of aromatic hydroxyl groups is 1. The SMILES string of the molecule is CCC(Cc1cccc(O)c1)(C(=O)O)c1ccccc1. The van der Waals surface area contributed by atoms with Gasteiger partial charge in [-0.3, -0.25) is 4.79 Å². The van der Waals surface area contributed by atoms with Gasteiger partial charge in [0, 0.05) is 0 Å². The second kappa shape index (κ2) is 5.78. The van der Waals surface area contributed by atoms with E-state index in [0.29, 0.717) is 12.8 Å². The third kappa shape index (κ3) is 2.67. The van der Waals surface area contributed by atoms with Crippen LogP contribution in [0.2, 0.25) is 0 Å². The highest BCUT2D eigenvalue weighted by atomic mass is 16.4. The van der Waals surface area contributed by atoms with Crippen LogP contribution in [0.3, 0.4) is 0 Å². The van der Waals surface area contributed by atoms with Crippen molar-refractivity contribution in [2.24, 2.45) is 0 Å². The quantitative estimate of drug-likeness (QED) is 0.875. The number of phenolic OH excluding ortho intramolecular Hbond substituents is 1. The van der Waals surface area contributed by atoms with E-state index in [2.05, 4.69) is 0 Å². The van der Waals surface area contributed by atoms with E-state index < -0.39 is 11.4 Å². The van der Waals surface area contributed by atoms with Crippen LogP contribution >= 0.6 is 0 Å². The molecule has 2 N–H and O–H groups in total. The Morgan fingerprint density at radius 3 is 2.35 bits per heavy atom. The maximum absolute atomic E-state index is 11.9. The summed E-state index contributed by atoms with van der Waals surface area (Å²) in [6.07, 6.45) is 0.846. The number of carboxylic acids is 1. The Labute approximate surface area is 118 Å². The minimum absolute atomic E-state index is 0.158. The normalized spacial score (nSPS) is 13.7. The number of carbonyl (C=O) groups is 1. The summed E-state index contributed by atoms with van der Waals surface area (Å²) in [5.74, 6) is -0.680. The van der Waals surface area contributed by atoms with E-state index in [-0.39, 0.29) is 5.75 Å². The molecule has 0 saturated heterocycles. The van der Waals surface area contributed by atoms with E-state index in [1.54, 1.807) is 18.2 Å². The van der Waals surface area contributed by atoms with Crippen LogP contribution in [0.15, 0.2) is 54.6 Å². The van der Waals surface area contributed by atoms with Gasteiger partial charge in [0.1, 0.15) is 5.75 Å². The Balaban J connectivity index is 2.45. The van der Waals surface area contributed by atoms with Gasteiger partial charge in [0.05, 0.1) is 5.41 Å². The van der Waals surface area contributed by atoms with Crippen molar-refractivity contribution < 1.29 is 15.0 Å². The van der Waals surface area contributed by atoms with Gasteiger partial charge in [-0.15, -0.1) is 0 Å². The van der Waals surface area contributed by atoms with Crippen LogP contribution in [0.25, 0.3) is 0 Å². The van der Waals surface area contributed by atoms with Crippen LogP contribution in [0, 0.1) is 0 Å². The zero-order chi connectivity index (χ0) is 14.6. The molecule has 0 fully saturated rings. The molecule has 3 nitrogen and oxygen atoms in total. The molecule has 0 aromatic heterocycles. The lowest BCUT2D eigenvalue weighted by molar-refractivity contribution is -0.144. The third-order valence-electron chi connectivity index (χ3n) is 3.76. The molecule has 0 aliphatic heterocycles. The maximum Gasteiger partial charge on any atom is 0.314 e. The van der Waals surface area contributed by atoms with Crippen LogP contribution in [-0.2, 0) is 16.6 Å². The van der Waals surface area contributed by atoms with E-state index in [0.717, 1.165) is 11.1 Å². The molecule has 0 heterocycles. The molecule has 0 spiro atoms. The van der Waals surface area contributed by atoms with Crippen molar-refractivity contribution in [2.45, 2.75) is 25.2 Å². The zero-order valence-corrected chi connectivity index (χ0v) is 11.4. The predicted octanol–water partition coefficient (Wildman–Crippen LogP) is 3.37. The Kier molecular flexibility index (Phi) is 4.08. The first-order valence-electron chi connectivity index (χ1n) is 6.65. The van der Waals surface area contributed by atoms with Gasteiger partial charge in [0.25, 0.3) is 0 Å². The third-order valence-corrected chi connectivity index (χ3v) is 3.76. The van der Waals surface area contributed by atoms with Gasteiger partial charge in [-0.25, -0.2) is 0 Å². The van der Waals surface area contributed by atoms with Crippen molar-refractivity contribution in [2.75, 3.05) is 0 Å². The molecule has 2 aromatic rings. The Morgan fingerprint density at radius 2 is 1.80 bits per heavy atom. The summed E-state index contributed by atoms with van der Waals surface area (Å²) in [5, 5.41) is 19.3. The minimum atomic E-state index is -0.963. The minimum Gasteiger partial charge on any atom is -0.508 e. The summed E-state index contributed by atoms with van der Waals surface area (Å²) in [6.45, 7) is 1.88. The number of hydrogen-bond acceptors (Lipinski definition) is 2. The summed E-state index contributed by atoms with van der Waals surface area (Å²) < 4.78 is 0. The largest absolute Gasteiger partial charge is 0.508 e. The highest BCUT2D eigenvalue weighted by Gasteiger charge is 2.38. The van der Waals surface area contributed by atoms with Crippen LogP contribution in [-0.4, -0.2) is 16.2 Å². The Bertz CT molecular complexity index is 592. The predicted molar refractivity (Wildman–Crippen MR) is 77.9 cm³/mol. The number of rotatable bonds is 5. The molecule has 1 atom stereocenters. The molecule has 2 aromatic carbocycles. The molecule has 2 rings (SSSR count). The number of phenols is 1.